The summed E-state index contributed by atoms with van der Waals surface area (Å²) in [6.45, 7) is 4.78. The maximum atomic E-state index is 12.8. The number of piperidine rings is 1. The fourth-order valence-electron chi connectivity index (χ4n) is 3.14. The minimum absolute atomic E-state index is 0.154. The third-order valence-electron chi connectivity index (χ3n) is 4.16. The first-order valence-corrected chi connectivity index (χ1v) is 8.14. The number of nitrogens with zero attached hydrogens (tertiary/aromatic N) is 1. The molecule has 0 amide bonds. The number of benzene rings is 1. The Balaban J connectivity index is 1.42. The molecule has 0 spiro atoms. The molecule has 1 aromatic rings. The van der Waals surface area contributed by atoms with Gasteiger partial charge in [0.1, 0.15) is 5.82 Å². The number of hydrogen-bond acceptors (Lipinski definition) is 3. The Morgan fingerprint density at radius 3 is 2.89 bits per heavy atom. The summed E-state index contributed by atoms with van der Waals surface area (Å²) in [4.78, 5) is 3.74. The molecule has 0 radical (unpaired) electrons. The lowest BCUT2D eigenvalue weighted by Gasteiger charge is -2.24. The lowest BCUT2D eigenvalue weighted by Crippen LogP contribution is -2.40. The van der Waals surface area contributed by atoms with Gasteiger partial charge < -0.3 is 10.2 Å². The van der Waals surface area contributed by atoms with Gasteiger partial charge in [-0.3, -0.25) is 0 Å². The number of thioether (sulfide) groups is 1. The highest BCUT2D eigenvalue weighted by Crippen LogP contribution is 2.25. The summed E-state index contributed by atoms with van der Waals surface area (Å²) in [5, 5.41) is 3.64. The molecular weight excluding hydrogens is 259 g/mol. The van der Waals surface area contributed by atoms with E-state index < -0.39 is 0 Å². The highest BCUT2D eigenvalue weighted by atomic mass is 32.2. The molecule has 2 heterocycles. The summed E-state index contributed by atoms with van der Waals surface area (Å²) in [7, 11) is 0. The number of likely N-dealkylation sites (tertiary alicyclic amines) is 1. The Bertz CT molecular complexity index is 395. The summed E-state index contributed by atoms with van der Waals surface area (Å²) in [5.74, 6) is 1.80. The number of halogens is 1. The molecule has 0 aliphatic carbocycles. The zero-order valence-electron chi connectivity index (χ0n) is 11.1. The normalized spacial score (nSPS) is 27.4. The van der Waals surface area contributed by atoms with Crippen molar-refractivity contribution < 1.29 is 4.39 Å². The maximum absolute atomic E-state index is 12.8. The van der Waals surface area contributed by atoms with Crippen molar-refractivity contribution in [2.75, 3.05) is 31.9 Å². The maximum Gasteiger partial charge on any atom is 0.123 e. The Kier molecular flexibility index (Phi) is 4.41. The summed E-state index contributed by atoms with van der Waals surface area (Å²) in [5.41, 5.74) is 0. The van der Waals surface area contributed by atoms with Crippen LogP contribution in [0.4, 0.5) is 4.39 Å². The van der Waals surface area contributed by atoms with E-state index in [0.717, 1.165) is 29.2 Å². The highest BCUT2D eigenvalue weighted by molar-refractivity contribution is 7.99. The molecule has 0 unspecified atom stereocenters. The van der Waals surface area contributed by atoms with Crippen LogP contribution in [-0.4, -0.2) is 42.9 Å². The first kappa shape index (κ1) is 13.4. The van der Waals surface area contributed by atoms with Gasteiger partial charge in [0, 0.05) is 36.3 Å². The quantitative estimate of drug-likeness (QED) is 0.854. The molecule has 3 rings (SSSR count). The van der Waals surface area contributed by atoms with Crippen LogP contribution >= 0.6 is 11.8 Å². The van der Waals surface area contributed by atoms with Crippen molar-refractivity contribution in [1.29, 1.82) is 0 Å². The van der Waals surface area contributed by atoms with Gasteiger partial charge >= 0.3 is 0 Å². The molecule has 2 aliphatic rings. The minimum Gasteiger partial charge on any atom is -0.312 e. The average Bonchev–Trinajstić information content (AvgIpc) is 2.83. The van der Waals surface area contributed by atoms with Crippen molar-refractivity contribution in [3.05, 3.63) is 30.1 Å². The number of hydrogen-bond donors (Lipinski definition) is 1. The van der Waals surface area contributed by atoms with Crippen molar-refractivity contribution in [2.24, 2.45) is 5.92 Å². The van der Waals surface area contributed by atoms with Crippen LogP contribution in [-0.2, 0) is 0 Å². The fraction of sp³-hybridized carbons (Fsp3) is 0.600. The molecule has 0 bridgehead atoms. The molecule has 2 saturated heterocycles. The van der Waals surface area contributed by atoms with Crippen molar-refractivity contribution >= 4 is 11.8 Å². The van der Waals surface area contributed by atoms with Crippen LogP contribution < -0.4 is 5.32 Å². The van der Waals surface area contributed by atoms with Gasteiger partial charge in [-0.15, -0.1) is 11.8 Å². The lowest BCUT2D eigenvalue weighted by molar-refractivity contribution is 0.332. The van der Waals surface area contributed by atoms with Gasteiger partial charge in [0.25, 0.3) is 0 Å². The summed E-state index contributed by atoms with van der Waals surface area (Å²) < 4.78 is 12.8. The van der Waals surface area contributed by atoms with E-state index in [1.807, 2.05) is 23.9 Å². The van der Waals surface area contributed by atoms with E-state index in [-0.39, 0.29) is 5.82 Å². The molecule has 1 N–H and O–H groups in total. The van der Waals surface area contributed by atoms with Crippen molar-refractivity contribution in [3.63, 3.8) is 0 Å². The zero-order chi connectivity index (χ0) is 13.1. The molecule has 1 aromatic carbocycles. The Morgan fingerprint density at radius 1 is 1.26 bits per heavy atom. The van der Waals surface area contributed by atoms with E-state index in [0.29, 0.717) is 0 Å². The predicted molar refractivity (Wildman–Crippen MR) is 78.1 cm³/mol. The number of rotatable bonds is 4. The van der Waals surface area contributed by atoms with Crippen LogP contribution in [0.2, 0.25) is 0 Å². The van der Waals surface area contributed by atoms with Crippen molar-refractivity contribution in [3.8, 4) is 0 Å². The van der Waals surface area contributed by atoms with E-state index in [2.05, 4.69) is 10.2 Å². The average molecular weight is 280 g/mol. The second kappa shape index (κ2) is 6.25. The highest BCUT2D eigenvalue weighted by Gasteiger charge is 2.33. The zero-order valence-corrected chi connectivity index (χ0v) is 12.0. The van der Waals surface area contributed by atoms with E-state index in [4.69, 9.17) is 0 Å². The molecule has 104 valence electrons. The Labute approximate surface area is 118 Å². The van der Waals surface area contributed by atoms with Crippen molar-refractivity contribution in [1.82, 2.24) is 10.2 Å². The van der Waals surface area contributed by atoms with Gasteiger partial charge in [-0.1, -0.05) is 0 Å². The lowest BCUT2D eigenvalue weighted by atomic mass is 9.94. The van der Waals surface area contributed by atoms with Crippen LogP contribution in [0.5, 0.6) is 0 Å². The van der Waals surface area contributed by atoms with E-state index in [1.165, 1.54) is 44.6 Å². The topological polar surface area (TPSA) is 15.3 Å². The Hall–Kier alpha value is -0.580. The van der Waals surface area contributed by atoms with Crippen LogP contribution in [0.25, 0.3) is 0 Å². The molecular formula is C15H21FN2S. The molecule has 2 atom stereocenters. The van der Waals surface area contributed by atoms with Crippen LogP contribution in [0.3, 0.4) is 0 Å². The molecule has 0 saturated carbocycles. The molecule has 2 aliphatic heterocycles. The molecule has 19 heavy (non-hydrogen) atoms. The smallest absolute Gasteiger partial charge is 0.123 e. The fourth-order valence-corrected chi connectivity index (χ4v) is 4.06. The molecule has 4 heteroatoms. The largest absolute Gasteiger partial charge is 0.312 e. The van der Waals surface area contributed by atoms with Crippen LogP contribution in [0, 0.1) is 11.7 Å². The summed E-state index contributed by atoms with van der Waals surface area (Å²) in [6.07, 6.45) is 2.72. The van der Waals surface area contributed by atoms with Gasteiger partial charge in [-0.2, -0.15) is 0 Å². The number of fused-ring (bicyclic) bond motifs is 1. The van der Waals surface area contributed by atoms with Gasteiger partial charge in [0.05, 0.1) is 0 Å². The van der Waals surface area contributed by atoms with E-state index >= 15 is 0 Å². The predicted octanol–water partition coefficient (Wildman–Crippen LogP) is 2.60. The monoisotopic (exact) mass is 280 g/mol. The first-order chi connectivity index (χ1) is 9.31. The van der Waals surface area contributed by atoms with Crippen molar-refractivity contribution in [2.45, 2.75) is 23.8 Å². The SMILES string of the molecule is Fc1ccc(SCCN2C[C@@H]3CCCN[C@@H]3C2)cc1. The molecule has 0 aromatic heterocycles. The summed E-state index contributed by atoms with van der Waals surface area (Å²) in [6, 6.07) is 7.54. The summed E-state index contributed by atoms with van der Waals surface area (Å²) >= 11 is 1.82. The number of nitrogens with one attached hydrogen (secondary N) is 1. The van der Waals surface area contributed by atoms with Crippen LogP contribution in [0.1, 0.15) is 12.8 Å². The van der Waals surface area contributed by atoms with E-state index in [9.17, 15) is 4.39 Å². The van der Waals surface area contributed by atoms with Crippen LogP contribution in [0.15, 0.2) is 29.2 Å². The van der Waals surface area contributed by atoms with E-state index in [1.54, 1.807) is 0 Å². The second-order valence-electron chi connectivity index (χ2n) is 5.52. The van der Waals surface area contributed by atoms with Gasteiger partial charge in [-0.25, -0.2) is 4.39 Å². The van der Waals surface area contributed by atoms with Gasteiger partial charge in [0.2, 0.25) is 0 Å². The molecule has 2 fully saturated rings. The first-order valence-electron chi connectivity index (χ1n) is 7.15. The standard InChI is InChI=1S/C15H21FN2S/c16-13-3-5-14(6-4-13)19-9-8-18-10-12-2-1-7-17-15(12)11-18/h3-6,12,15,17H,1-2,7-11H2/t12-,15+/m0/s1. The second-order valence-corrected chi connectivity index (χ2v) is 6.69. The Morgan fingerprint density at radius 2 is 2.11 bits per heavy atom. The minimum atomic E-state index is -0.154. The van der Waals surface area contributed by atoms with Gasteiger partial charge in [-0.05, 0) is 49.6 Å². The third-order valence-corrected chi connectivity index (χ3v) is 5.16. The van der Waals surface area contributed by atoms with Gasteiger partial charge in [0.15, 0.2) is 0 Å². The third kappa shape index (κ3) is 3.50. The molecule has 2 nitrogen and oxygen atoms in total.